The fraction of sp³-hybridized carbons (Fsp3) is 0.462. The number of amides is 1. The van der Waals surface area contributed by atoms with E-state index in [1.165, 1.54) is 11.2 Å². The molecule has 1 fully saturated rings. The van der Waals surface area contributed by atoms with E-state index in [4.69, 9.17) is 0 Å². The summed E-state index contributed by atoms with van der Waals surface area (Å²) in [4.78, 5) is 18.9. The van der Waals surface area contributed by atoms with Crippen LogP contribution in [0.15, 0.2) is 23.8 Å². The van der Waals surface area contributed by atoms with E-state index in [-0.39, 0.29) is 17.8 Å². The van der Waals surface area contributed by atoms with Crippen LogP contribution in [0.4, 0.5) is 4.39 Å². The maximum Gasteiger partial charge on any atom is 0.288 e. The molecule has 3 rings (SSSR count). The van der Waals surface area contributed by atoms with Gasteiger partial charge in [-0.3, -0.25) is 14.8 Å². The minimum absolute atomic E-state index is 0.00831. The molecule has 0 unspecified atom stereocenters. The van der Waals surface area contributed by atoms with Crippen LogP contribution >= 0.6 is 11.3 Å². The fourth-order valence-corrected chi connectivity index (χ4v) is 3.27. The molecule has 0 spiro atoms. The van der Waals surface area contributed by atoms with Crippen LogP contribution in [-0.4, -0.2) is 51.3 Å². The predicted octanol–water partition coefficient (Wildman–Crippen LogP) is 1.21. The molecule has 0 aliphatic carbocycles. The minimum Gasteiger partial charge on any atom is -0.348 e. The Kier molecular flexibility index (Phi) is 4.26. The van der Waals surface area contributed by atoms with Gasteiger partial charge in [-0.15, -0.1) is 11.3 Å². The van der Waals surface area contributed by atoms with Crippen molar-refractivity contribution in [3.8, 4) is 0 Å². The third-order valence-electron chi connectivity index (χ3n) is 3.54. The van der Waals surface area contributed by atoms with Crippen LogP contribution in [0.2, 0.25) is 0 Å². The average molecular weight is 309 g/mol. The van der Waals surface area contributed by atoms with Gasteiger partial charge in [-0.05, 0) is 17.9 Å². The summed E-state index contributed by atoms with van der Waals surface area (Å²) >= 11 is 1.66. The molecule has 0 bridgehead atoms. The molecule has 0 aromatic carbocycles. The molecular weight excluding hydrogens is 293 g/mol. The second-order valence-electron chi connectivity index (χ2n) is 5.04. The molecule has 6 nitrogen and oxygen atoms in total. The van der Waals surface area contributed by atoms with Gasteiger partial charge in [0, 0.05) is 30.6 Å². The maximum atomic E-state index is 13.7. The normalized spacial score (nSPS) is 22.5. The number of H-pyrrole nitrogens is 1. The monoisotopic (exact) mass is 309 g/mol. The number of carbonyl (C=O) groups is 1. The lowest BCUT2D eigenvalue weighted by Gasteiger charge is -2.23. The largest absolute Gasteiger partial charge is 0.348 e. The second kappa shape index (κ2) is 6.31. The highest BCUT2D eigenvalue weighted by atomic mass is 32.1. The topological polar surface area (TPSA) is 73.9 Å². The van der Waals surface area contributed by atoms with Crippen molar-refractivity contribution in [2.24, 2.45) is 0 Å². The number of aromatic nitrogens is 3. The molecule has 0 radical (unpaired) electrons. The van der Waals surface area contributed by atoms with Crippen LogP contribution in [0.3, 0.4) is 0 Å². The smallest absolute Gasteiger partial charge is 0.288 e. The molecule has 1 aliphatic rings. The Bertz CT molecular complexity index is 573. The standard InChI is InChI=1S/C13H16FN5OS/c14-9-4-10(5-15-13(20)12-16-8-17-18-12)19(6-9)7-11-2-1-3-21-11/h1-3,8-10H,4-7H2,(H,15,20)(H,16,17,18)/t9-,10-/m0/s1. The van der Waals surface area contributed by atoms with Crippen molar-refractivity contribution in [3.63, 3.8) is 0 Å². The Balaban J connectivity index is 1.56. The first-order chi connectivity index (χ1) is 10.2. The summed E-state index contributed by atoms with van der Waals surface area (Å²) in [6.07, 6.45) is 0.893. The van der Waals surface area contributed by atoms with Crippen molar-refractivity contribution in [1.29, 1.82) is 0 Å². The number of aromatic amines is 1. The van der Waals surface area contributed by atoms with E-state index in [0.29, 0.717) is 19.5 Å². The lowest BCUT2D eigenvalue weighted by molar-refractivity contribution is 0.0930. The van der Waals surface area contributed by atoms with Gasteiger partial charge in [0.1, 0.15) is 12.5 Å². The summed E-state index contributed by atoms with van der Waals surface area (Å²) in [6.45, 7) is 1.55. The average Bonchev–Trinajstić information content (AvgIpc) is 3.18. The van der Waals surface area contributed by atoms with Gasteiger partial charge >= 0.3 is 0 Å². The van der Waals surface area contributed by atoms with Crippen molar-refractivity contribution in [2.75, 3.05) is 13.1 Å². The summed E-state index contributed by atoms with van der Waals surface area (Å²) in [7, 11) is 0. The van der Waals surface area contributed by atoms with Crippen LogP contribution in [0.25, 0.3) is 0 Å². The van der Waals surface area contributed by atoms with E-state index >= 15 is 0 Å². The number of hydrogen-bond donors (Lipinski definition) is 2. The molecule has 0 saturated carbocycles. The van der Waals surface area contributed by atoms with Gasteiger partial charge in [0.15, 0.2) is 0 Å². The predicted molar refractivity (Wildman–Crippen MR) is 76.7 cm³/mol. The molecule has 2 atom stereocenters. The van der Waals surface area contributed by atoms with Crippen molar-refractivity contribution in [3.05, 3.63) is 34.5 Å². The Hall–Kier alpha value is -1.80. The summed E-state index contributed by atoms with van der Waals surface area (Å²) in [6, 6.07) is 4.04. The zero-order chi connectivity index (χ0) is 14.7. The lowest BCUT2D eigenvalue weighted by Crippen LogP contribution is -2.40. The van der Waals surface area contributed by atoms with Crippen LogP contribution in [0.5, 0.6) is 0 Å². The summed E-state index contributed by atoms with van der Waals surface area (Å²) in [5, 5.41) is 10.9. The molecule has 2 aromatic rings. The van der Waals surface area contributed by atoms with Gasteiger partial charge in [-0.2, -0.15) is 5.10 Å². The highest BCUT2D eigenvalue weighted by Gasteiger charge is 2.32. The molecule has 1 amide bonds. The highest BCUT2D eigenvalue weighted by Crippen LogP contribution is 2.23. The van der Waals surface area contributed by atoms with Gasteiger partial charge in [0.2, 0.25) is 5.82 Å². The highest BCUT2D eigenvalue weighted by molar-refractivity contribution is 7.09. The number of nitrogens with one attached hydrogen (secondary N) is 2. The third-order valence-corrected chi connectivity index (χ3v) is 4.41. The van der Waals surface area contributed by atoms with Gasteiger partial charge in [-0.25, -0.2) is 9.37 Å². The second-order valence-corrected chi connectivity index (χ2v) is 6.07. The number of nitrogens with zero attached hydrogens (tertiary/aromatic N) is 3. The lowest BCUT2D eigenvalue weighted by atomic mass is 10.2. The van der Waals surface area contributed by atoms with Crippen molar-refractivity contribution in [2.45, 2.75) is 25.2 Å². The number of hydrogen-bond acceptors (Lipinski definition) is 5. The van der Waals surface area contributed by atoms with E-state index in [2.05, 4.69) is 25.4 Å². The van der Waals surface area contributed by atoms with Crippen LogP contribution in [0, 0.1) is 0 Å². The van der Waals surface area contributed by atoms with Crippen LogP contribution in [0.1, 0.15) is 21.9 Å². The maximum absolute atomic E-state index is 13.7. The Morgan fingerprint density at radius 3 is 3.24 bits per heavy atom. The van der Waals surface area contributed by atoms with Crippen LogP contribution < -0.4 is 5.32 Å². The molecule has 21 heavy (non-hydrogen) atoms. The summed E-state index contributed by atoms with van der Waals surface area (Å²) in [5.74, 6) is -0.138. The zero-order valence-corrected chi connectivity index (χ0v) is 12.1. The Morgan fingerprint density at radius 1 is 1.62 bits per heavy atom. The van der Waals surface area contributed by atoms with Crippen molar-refractivity contribution < 1.29 is 9.18 Å². The Labute approximate surface area is 125 Å². The molecule has 2 N–H and O–H groups in total. The van der Waals surface area contributed by atoms with E-state index in [0.717, 1.165) is 6.54 Å². The number of rotatable bonds is 5. The SMILES string of the molecule is O=C(NC[C@@H]1C[C@H](F)CN1Cc1cccs1)c1ncn[nH]1. The number of alkyl halides is 1. The van der Waals surface area contributed by atoms with Crippen molar-refractivity contribution in [1.82, 2.24) is 25.4 Å². The number of thiophene rings is 1. The summed E-state index contributed by atoms with van der Waals surface area (Å²) < 4.78 is 13.7. The van der Waals surface area contributed by atoms with Crippen LogP contribution in [-0.2, 0) is 6.54 Å². The van der Waals surface area contributed by atoms with Gasteiger partial charge in [-0.1, -0.05) is 6.07 Å². The number of carbonyl (C=O) groups excluding carboxylic acids is 1. The molecule has 112 valence electrons. The Morgan fingerprint density at radius 2 is 2.52 bits per heavy atom. The van der Waals surface area contributed by atoms with E-state index in [9.17, 15) is 9.18 Å². The molecule has 1 aliphatic heterocycles. The van der Waals surface area contributed by atoms with Gasteiger partial charge in [0.05, 0.1) is 0 Å². The van der Waals surface area contributed by atoms with E-state index < -0.39 is 6.17 Å². The van der Waals surface area contributed by atoms with E-state index in [1.54, 1.807) is 11.3 Å². The molecule has 3 heterocycles. The number of likely N-dealkylation sites (tertiary alicyclic amines) is 1. The first kappa shape index (κ1) is 14.2. The molecule has 1 saturated heterocycles. The quantitative estimate of drug-likeness (QED) is 0.870. The van der Waals surface area contributed by atoms with Gasteiger partial charge < -0.3 is 5.32 Å². The number of halogens is 1. The molecular formula is C13H16FN5OS. The van der Waals surface area contributed by atoms with Crippen molar-refractivity contribution >= 4 is 17.2 Å². The first-order valence-corrected chi connectivity index (χ1v) is 7.64. The molecule has 8 heteroatoms. The minimum atomic E-state index is -0.836. The van der Waals surface area contributed by atoms with Gasteiger partial charge in [0.25, 0.3) is 5.91 Å². The first-order valence-electron chi connectivity index (χ1n) is 6.76. The molecule has 2 aromatic heterocycles. The zero-order valence-electron chi connectivity index (χ0n) is 11.3. The summed E-state index contributed by atoms with van der Waals surface area (Å²) in [5.41, 5.74) is 0. The van der Waals surface area contributed by atoms with E-state index in [1.807, 2.05) is 17.5 Å². The third kappa shape index (κ3) is 3.45. The fourth-order valence-electron chi connectivity index (χ4n) is 2.54.